The van der Waals surface area contributed by atoms with Crippen molar-refractivity contribution in [2.75, 3.05) is 51.3 Å². The average Bonchev–Trinajstić information content (AvgIpc) is 3.59. The number of amides is 1. The SMILES string of the molecule is COC(=O)c1cc(C)c(S(=O)(=O)N2C[C@@H](C(=O)N3CCN(c4cc(C)ccc4C)CC3)[C@H](c3ccccc3)C2)s1. The van der Waals surface area contributed by atoms with Crippen molar-refractivity contribution in [3.8, 4) is 0 Å². The molecule has 3 heterocycles. The second-order valence-electron chi connectivity index (χ2n) is 10.6. The van der Waals surface area contributed by atoms with Gasteiger partial charge in [0.15, 0.2) is 0 Å². The normalized spacial score (nSPS) is 20.1. The van der Waals surface area contributed by atoms with E-state index in [1.165, 1.54) is 28.2 Å². The molecule has 0 saturated carbocycles. The summed E-state index contributed by atoms with van der Waals surface area (Å²) in [7, 11) is -2.64. The fourth-order valence-corrected chi connectivity index (χ4v) is 9.00. The molecule has 2 aliphatic heterocycles. The van der Waals surface area contributed by atoms with E-state index in [1.807, 2.05) is 35.2 Å². The number of aryl methyl sites for hydroxylation is 3. The smallest absolute Gasteiger partial charge is 0.348 e. The van der Waals surface area contributed by atoms with Crippen LogP contribution in [0, 0.1) is 26.7 Å². The zero-order valence-electron chi connectivity index (χ0n) is 23.3. The topological polar surface area (TPSA) is 87.2 Å². The van der Waals surface area contributed by atoms with Crippen molar-refractivity contribution >= 4 is 38.9 Å². The first-order valence-electron chi connectivity index (χ1n) is 13.4. The van der Waals surface area contributed by atoms with Crippen LogP contribution in [0.2, 0.25) is 0 Å². The fraction of sp³-hybridized carbons (Fsp3) is 0.400. The van der Waals surface area contributed by atoms with E-state index in [1.54, 1.807) is 13.0 Å². The van der Waals surface area contributed by atoms with E-state index in [0.29, 0.717) is 18.7 Å². The Morgan fingerprint density at radius 1 is 0.900 bits per heavy atom. The lowest BCUT2D eigenvalue weighted by Gasteiger charge is -2.38. The monoisotopic (exact) mass is 581 g/mol. The number of hydrogen-bond acceptors (Lipinski definition) is 7. The number of rotatable bonds is 6. The third-order valence-corrected chi connectivity index (χ3v) is 11.6. The molecule has 1 aromatic heterocycles. The van der Waals surface area contributed by atoms with Crippen LogP contribution < -0.4 is 4.90 Å². The first-order chi connectivity index (χ1) is 19.1. The van der Waals surface area contributed by atoms with Gasteiger partial charge in [-0.05, 0) is 55.2 Å². The molecular weight excluding hydrogens is 546 g/mol. The van der Waals surface area contributed by atoms with Gasteiger partial charge in [0.1, 0.15) is 9.09 Å². The molecule has 0 N–H and O–H groups in total. The van der Waals surface area contributed by atoms with E-state index < -0.39 is 21.9 Å². The van der Waals surface area contributed by atoms with Crippen LogP contribution in [-0.4, -0.2) is 75.9 Å². The van der Waals surface area contributed by atoms with Crippen LogP contribution in [0.25, 0.3) is 0 Å². The second-order valence-corrected chi connectivity index (χ2v) is 13.8. The number of sulfonamides is 1. The molecule has 2 saturated heterocycles. The summed E-state index contributed by atoms with van der Waals surface area (Å²) in [6.07, 6.45) is 0. The third kappa shape index (κ3) is 5.40. The van der Waals surface area contributed by atoms with Crippen LogP contribution in [0.5, 0.6) is 0 Å². The van der Waals surface area contributed by atoms with E-state index in [4.69, 9.17) is 4.74 Å². The molecule has 2 fully saturated rings. The molecule has 0 aliphatic carbocycles. The summed E-state index contributed by atoms with van der Waals surface area (Å²) in [5, 5.41) is 0. The molecule has 0 spiro atoms. The van der Waals surface area contributed by atoms with Crippen LogP contribution in [0.4, 0.5) is 5.69 Å². The summed E-state index contributed by atoms with van der Waals surface area (Å²) < 4.78 is 34.0. The molecule has 212 valence electrons. The highest BCUT2D eigenvalue weighted by Crippen LogP contribution is 2.39. The predicted molar refractivity (Wildman–Crippen MR) is 157 cm³/mol. The Morgan fingerprint density at radius 3 is 2.27 bits per heavy atom. The van der Waals surface area contributed by atoms with Crippen LogP contribution in [0.15, 0.2) is 58.8 Å². The fourth-order valence-electron chi connectivity index (χ4n) is 5.75. The molecule has 40 heavy (non-hydrogen) atoms. The maximum absolute atomic E-state index is 14.0. The maximum atomic E-state index is 14.0. The number of benzene rings is 2. The van der Waals surface area contributed by atoms with Gasteiger partial charge in [-0.1, -0.05) is 42.5 Å². The minimum absolute atomic E-state index is 0.00896. The zero-order chi connectivity index (χ0) is 28.6. The maximum Gasteiger partial charge on any atom is 0.348 e. The first kappa shape index (κ1) is 28.3. The number of piperazine rings is 1. The molecule has 8 nitrogen and oxygen atoms in total. The number of hydrogen-bond donors (Lipinski definition) is 0. The van der Waals surface area contributed by atoms with Gasteiger partial charge in [-0.3, -0.25) is 4.79 Å². The summed E-state index contributed by atoms with van der Waals surface area (Å²) in [4.78, 5) is 30.5. The van der Waals surface area contributed by atoms with Gasteiger partial charge in [0.2, 0.25) is 5.91 Å². The number of methoxy groups -OCH3 is 1. The van der Waals surface area contributed by atoms with Gasteiger partial charge in [-0.15, -0.1) is 11.3 Å². The minimum Gasteiger partial charge on any atom is -0.465 e. The zero-order valence-corrected chi connectivity index (χ0v) is 24.9. The van der Waals surface area contributed by atoms with Crippen molar-refractivity contribution in [3.63, 3.8) is 0 Å². The van der Waals surface area contributed by atoms with Crippen LogP contribution in [0.1, 0.15) is 37.8 Å². The van der Waals surface area contributed by atoms with Gasteiger partial charge in [0, 0.05) is 50.9 Å². The van der Waals surface area contributed by atoms with Crippen molar-refractivity contribution in [2.24, 2.45) is 5.92 Å². The lowest BCUT2D eigenvalue weighted by molar-refractivity contribution is -0.135. The number of esters is 1. The Bertz CT molecular complexity index is 1510. The molecule has 0 radical (unpaired) electrons. The number of carbonyl (C=O) groups is 2. The molecule has 3 aromatic rings. The van der Waals surface area contributed by atoms with Gasteiger partial charge in [0.25, 0.3) is 10.0 Å². The summed E-state index contributed by atoms with van der Waals surface area (Å²) in [5.41, 5.74) is 5.07. The summed E-state index contributed by atoms with van der Waals surface area (Å²) in [6, 6.07) is 17.7. The molecule has 2 atom stereocenters. The first-order valence-corrected chi connectivity index (χ1v) is 15.7. The van der Waals surface area contributed by atoms with Crippen molar-refractivity contribution in [1.29, 1.82) is 0 Å². The molecule has 5 rings (SSSR count). The average molecular weight is 582 g/mol. The van der Waals surface area contributed by atoms with E-state index in [9.17, 15) is 18.0 Å². The Labute approximate surface area is 240 Å². The van der Waals surface area contributed by atoms with Crippen molar-refractivity contribution < 1.29 is 22.7 Å². The summed E-state index contributed by atoms with van der Waals surface area (Å²) in [6.45, 7) is 8.80. The van der Waals surface area contributed by atoms with Crippen molar-refractivity contribution in [2.45, 2.75) is 30.9 Å². The quantitative estimate of drug-likeness (QED) is 0.406. The molecule has 2 aliphatic rings. The lowest BCUT2D eigenvalue weighted by atomic mass is 9.88. The largest absolute Gasteiger partial charge is 0.465 e. The lowest BCUT2D eigenvalue weighted by Crippen LogP contribution is -2.51. The van der Waals surface area contributed by atoms with Gasteiger partial charge in [0.05, 0.1) is 13.0 Å². The summed E-state index contributed by atoms with van der Waals surface area (Å²) >= 11 is 0.916. The van der Waals surface area contributed by atoms with Crippen molar-refractivity contribution in [3.05, 3.63) is 81.7 Å². The molecule has 0 bridgehead atoms. The molecule has 1 amide bonds. The Hall–Kier alpha value is -3.21. The van der Waals surface area contributed by atoms with E-state index in [2.05, 4.69) is 36.9 Å². The van der Waals surface area contributed by atoms with E-state index in [-0.39, 0.29) is 34.0 Å². The molecule has 10 heteroatoms. The van der Waals surface area contributed by atoms with E-state index in [0.717, 1.165) is 30.0 Å². The van der Waals surface area contributed by atoms with Gasteiger partial charge in [-0.2, -0.15) is 4.31 Å². The molecular formula is C30H35N3O5S2. The predicted octanol–water partition coefficient (Wildman–Crippen LogP) is 4.21. The molecule has 2 aromatic carbocycles. The van der Waals surface area contributed by atoms with Crippen LogP contribution in [0.3, 0.4) is 0 Å². The van der Waals surface area contributed by atoms with Gasteiger partial charge in [-0.25, -0.2) is 13.2 Å². The number of thiophene rings is 1. The Kier molecular flexibility index (Phi) is 8.03. The van der Waals surface area contributed by atoms with E-state index >= 15 is 0 Å². The highest BCUT2D eigenvalue weighted by atomic mass is 32.2. The highest BCUT2D eigenvalue weighted by molar-refractivity contribution is 7.91. The Balaban J connectivity index is 1.38. The minimum atomic E-state index is -3.92. The van der Waals surface area contributed by atoms with Crippen molar-refractivity contribution in [1.82, 2.24) is 9.21 Å². The van der Waals surface area contributed by atoms with Gasteiger partial charge < -0.3 is 14.5 Å². The molecule has 0 unspecified atom stereocenters. The number of anilines is 1. The number of ether oxygens (including phenoxy) is 1. The van der Waals surface area contributed by atoms with Crippen LogP contribution in [-0.2, 0) is 19.6 Å². The standard InChI is InChI=1S/C30H35N3O5S2/c1-20-10-11-21(2)26(16-20)31-12-14-32(15-13-31)28(34)25-19-33(18-24(25)23-8-6-5-7-9-23)40(36,37)30-22(3)17-27(39-30)29(35)38-4/h5-11,16-17,24-25H,12-15,18-19H2,1-4H3/t24-,25+/m0/s1. The highest BCUT2D eigenvalue weighted by Gasteiger charge is 2.46. The van der Waals surface area contributed by atoms with Crippen LogP contribution >= 0.6 is 11.3 Å². The summed E-state index contributed by atoms with van der Waals surface area (Å²) in [5.74, 6) is -1.33. The van der Waals surface area contributed by atoms with Gasteiger partial charge >= 0.3 is 5.97 Å². The second kappa shape index (κ2) is 11.3. The third-order valence-electron chi connectivity index (χ3n) is 7.96. The Morgan fingerprint density at radius 2 is 1.60 bits per heavy atom. The number of carbonyl (C=O) groups excluding carboxylic acids is 2. The number of nitrogens with zero attached hydrogens (tertiary/aromatic N) is 3.